The molecule has 1 unspecified atom stereocenters. The minimum absolute atomic E-state index is 0.339. The van der Waals surface area contributed by atoms with Gasteiger partial charge in [-0.1, -0.05) is 5.16 Å². The second kappa shape index (κ2) is 5.90. The van der Waals surface area contributed by atoms with Gasteiger partial charge in [0, 0.05) is 16.4 Å². The van der Waals surface area contributed by atoms with Gasteiger partial charge in [0.15, 0.2) is 0 Å². The summed E-state index contributed by atoms with van der Waals surface area (Å²) in [5, 5.41) is 13.8. The van der Waals surface area contributed by atoms with Crippen LogP contribution in [0.4, 0.5) is 0 Å². The summed E-state index contributed by atoms with van der Waals surface area (Å²) >= 11 is 4.97. The minimum atomic E-state index is 0.339. The highest BCUT2D eigenvalue weighted by Crippen LogP contribution is 2.29. The molecule has 4 heterocycles. The molecule has 0 aromatic carbocycles. The van der Waals surface area contributed by atoms with Crippen molar-refractivity contribution in [2.75, 3.05) is 13.1 Å². The summed E-state index contributed by atoms with van der Waals surface area (Å²) in [6, 6.07) is 2.30. The van der Waals surface area contributed by atoms with E-state index in [-0.39, 0.29) is 0 Å². The molecule has 0 bridgehead atoms. The van der Waals surface area contributed by atoms with E-state index in [1.807, 2.05) is 16.1 Å². The predicted octanol–water partition coefficient (Wildman–Crippen LogP) is 2.74. The topological polar surface area (TPSA) is 81.7 Å². The van der Waals surface area contributed by atoms with Gasteiger partial charge in [-0.25, -0.2) is 9.67 Å². The number of hydrogen-bond acceptors (Lipinski definition) is 7. The lowest BCUT2D eigenvalue weighted by molar-refractivity contribution is 0.345. The number of aromatic nitrogens is 5. The number of halogens is 1. The van der Waals surface area contributed by atoms with Crippen molar-refractivity contribution in [1.29, 1.82) is 0 Å². The zero-order valence-corrected chi connectivity index (χ0v) is 14.0. The van der Waals surface area contributed by atoms with Crippen LogP contribution >= 0.6 is 27.3 Å². The van der Waals surface area contributed by atoms with Crippen molar-refractivity contribution < 1.29 is 4.52 Å². The Morgan fingerprint density at radius 2 is 2.36 bits per heavy atom. The summed E-state index contributed by atoms with van der Waals surface area (Å²) in [5.74, 6) is 1.38. The van der Waals surface area contributed by atoms with E-state index in [4.69, 9.17) is 4.52 Å². The lowest BCUT2D eigenvalue weighted by Gasteiger charge is -2.22. The maximum atomic E-state index is 5.29. The first-order valence-electron chi connectivity index (χ1n) is 7.00. The van der Waals surface area contributed by atoms with Gasteiger partial charge in [-0.3, -0.25) is 0 Å². The summed E-state index contributed by atoms with van der Waals surface area (Å²) in [4.78, 5) is 9.62. The summed E-state index contributed by atoms with van der Waals surface area (Å²) in [5.41, 5.74) is 0. The third-order valence-electron chi connectivity index (χ3n) is 3.56. The average Bonchev–Trinajstić information content (AvgIpc) is 3.27. The van der Waals surface area contributed by atoms with E-state index >= 15 is 0 Å². The Kier molecular flexibility index (Phi) is 3.77. The number of nitrogens with one attached hydrogen (secondary N) is 1. The molecule has 1 fully saturated rings. The van der Waals surface area contributed by atoms with E-state index in [1.165, 1.54) is 0 Å². The molecule has 0 aliphatic carbocycles. The molecule has 1 saturated heterocycles. The third-order valence-corrected chi connectivity index (χ3v) is 5.25. The SMILES string of the molecule is Brc1csc(-c2noc(-c3ncn(C4CCCNC4)n3)n2)c1. The zero-order chi connectivity index (χ0) is 14.9. The van der Waals surface area contributed by atoms with Gasteiger partial charge in [0.05, 0.1) is 10.9 Å². The molecule has 1 atom stereocenters. The molecule has 0 saturated carbocycles. The van der Waals surface area contributed by atoms with E-state index in [1.54, 1.807) is 17.7 Å². The predicted molar refractivity (Wildman–Crippen MR) is 85.5 cm³/mol. The highest BCUT2D eigenvalue weighted by atomic mass is 79.9. The van der Waals surface area contributed by atoms with Gasteiger partial charge in [-0.15, -0.1) is 16.4 Å². The minimum Gasteiger partial charge on any atom is -0.330 e. The molecule has 1 aliphatic rings. The fourth-order valence-corrected chi connectivity index (χ4v) is 3.80. The second-order valence-electron chi connectivity index (χ2n) is 5.10. The molecule has 3 aromatic rings. The number of hydrogen-bond donors (Lipinski definition) is 1. The lowest BCUT2D eigenvalue weighted by Crippen LogP contribution is -2.31. The van der Waals surface area contributed by atoms with Gasteiger partial charge in [-0.2, -0.15) is 4.98 Å². The fraction of sp³-hybridized carbons (Fsp3) is 0.385. The van der Waals surface area contributed by atoms with Crippen LogP contribution in [0.1, 0.15) is 18.9 Å². The lowest BCUT2D eigenvalue weighted by atomic mass is 10.1. The quantitative estimate of drug-likeness (QED) is 0.752. The normalized spacial score (nSPS) is 18.7. The second-order valence-corrected chi connectivity index (χ2v) is 6.93. The van der Waals surface area contributed by atoms with Crippen LogP contribution < -0.4 is 5.32 Å². The molecular weight excluding hydrogens is 368 g/mol. The monoisotopic (exact) mass is 380 g/mol. The van der Waals surface area contributed by atoms with Crippen molar-refractivity contribution in [3.8, 4) is 22.4 Å². The number of thiophene rings is 1. The Balaban J connectivity index is 1.57. The maximum Gasteiger partial charge on any atom is 0.297 e. The highest BCUT2D eigenvalue weighted by molar-refractivity contribution is 9.10. The van der Waals surface area contributed by atoms with Crippen molar-refractivity contribution in [3.63, 3.8) is 0 Å². The van der Waals surface area contributed by atoms with Crippen LogP contribution in [-0.2, 0) is 0 Å². The molecule has 0 radical (unpaired) electrons. The zero-order valence-electron chi connectivity index (χ0n) is 11.6. The van der Waals surface area contributed by atoms with E-state index in [2.05, 4.69) is 41.5 Å². The van der Waals surface area contributed by atoms with Crippen LogP contribution in [-0.4, -0.2) is 38.0 Å². The largest absolute Gasteiger partial charge is 0.330 e. The molecule has 22 heavy (non-hydrogen) atoms. The van der Waals surface area contributed by atoms with E-state index in [0.29, 0.717) is 23.6 Å². The Morgan fingerprint density at radius 3 is 3.14 bits per heavy atom. The van der Waals surface area contributed by atoms with Crippen LogP contribution in [0.3, 0.4) is 0 Å². The van der Waals surface area contributed by atoms with Crippen molar-refractivity contribution in [2.24, 2.45) is 0 Å². The maximum absolute atomic E-state index is 5.29. The van der Waals surface area contributed by atoms with E-state index in [9.17, 15) is 0 Å². The Hall–Kier alpha value is -1.58. The first-order chi connectivity index (χ1) is 10.8. The standard InChI is InChI=1S/C13H13BrN6OS/c14-8-4-10(22-6-8)11-17-13(21-19-11)12-16-7-20(18-12)9-2-1-3-15-5-9/h4,6-7,9,15H,1-3,5H2. The Morgan fingerprint density at radius 1 is 1.41 bits per heavy atom. The van der Waals surface area contributed by atoms with Gasteiger partial charge < -0.3 is 9.84 Å². The summed E-state index contributed by atoms with van der Waals surface area (Å²) in [7, 11) is 0. The Bertz CT molecular complexity index is 775. The molecular formula is C13H13BrN6OS. The van der Waals surface area contributed by atoms with Crippen molar-refractivity contribution >= 4 is 27.3 Å². The summed E-state index contributed by atoms with van der Waals surface area (Å²) in [6.07, 6.45) is 3.99. The van der Waals surface area contributed by atoms with Crippen LogP contribution in [0.2, 0.25) is 0 Å². The summed E-state index contributed by atoms with van der Waals surface area (Å²) < 4.78 is 8.18. The van der Waals surface area contributed by atoms with Gasteiger partial charge in [0.2, 0.25) is 11.6 Å². The molecule has 1 aliphatic heterocycles. The first-order valence-corrected chi connectivity index (χ1v) is 8.67. The number of nitrogens with zero attached hydrogens (tertiary/aromatic N) is 5. The van der Waals surface area contributed by atoms with Crippen LogP contribution in [0.5, 0.6) is 0 Å². The Labute approximate surface area is 138 Å². The number of rotatable bonds is 3. The molecule has 4 rings (SSSR count). The number of piperidine rings is 1. The van der Waals surface area contributed by atoms with Crippen LogP contribution in [0.25, 0.3) is 22.4 Å². The molecule has 0 amide bonds. The van der Waals surface area contributed by atoms with Gasteiger partial charge >= 0.3 is 0 Å². The molecule has 1 N–H and O–H groups in total. The average molecular weight is 381 g/mol. The van der Waals surface area contributed by atoms with E-state index < -0.39 is 0 Å². The van der Waals surface area contributed by atoms with E-state index in [0.717, 1.165) is 35.3 Å². The fourth-order valence-electron chi connectivity index (χ4n) is 2.45. The van der Waals surface area contributed by atoms with Crippen molar-refractivity contribution in [1.82, 2.24) is 30.2 Å². The molecule has 3 aromatic heterocycles. The third kappa shape index (κ3) is 2.71. The van der Waals surface area contributed by atoms with Gasteiger partial charge in [0.1, 0.15) is 6.33 Å². The molecule has 9 heteroatoms. The molecule has 7 nitrogen and oxygen atoms in total. The summed E-state index contributed by atoms with van der Waals surface area (Å²) in [6.45, 7) is 1.99. The molecule has 0 spiro atoms. The highest BCUT2D eigenvalue weighted by Gasteiger charge is 2.20. The molecule has 114 valence electrons. The van der Waals surface area contributed by atoms with Crippen molar-refractivity contribution in [2.45, 2.75) is 18.9 Å². The van der Waals surface area contributed by atoms with Crippen LogP contribution in [0, 0.1) is 0 Å². The van der Waals surface area contributed by atoms with Gasteiger partial charge in [-0.05, 0) is 41.4 Å². The smallest absolute Gasteiger partial charge is 0.297 e. The van der Waals surface area contributed by atoms with Crippen LogP contribution in [0.15, 0.2) is 26.8 Å². The van der Waals surface area contributed by atoms with Crippen molar-refractivity contribution in [3.05, 3.63) is 22.2 Å². The first kappa shape index (κ1) is 14.0. The van der Waals surface area contributed by atoms with Gasteiger partial charge in [0.25, 0.3) is 5.89 Å².